The highest BCUT2D eigenvalue weighted by Gasteiger charge is 2.65. The van der Waals surface area contributed by atoms with E-state index in [9.17, 15) is 19.6 Å². The number of carbonyl (C=O) groups is 3. The topological polar surface area (TPSA) is 87.0 Å². The van der Waals surface area contributed by atoms with Crippen molar-refractivity contribution in [3.63, 3.8) is 0 Å². The lowest BCUT2D eigenvalue weighted by molar-refractivity contribution is -0.160. The van der Waals surface area contributed by atoms with E-state index in [1.54, 1.807) is 0 Å². The molecule has 1 N–H and O–H groups in total. The summed E-state index contributed by atoms with van der Waals surface area (Å²) in [6.45, 7) is 13.7. The monoisotopic (exact) mass is 504 g/mol. The lowest BCUT2D eigenvalue weighted by Crippen LogP contribution is -2.62. The lowest BCUT2D eigenvalue weighted by atomic mass is 9.39. The number of allylic oxidation sites excluding steroid dienone is 4. The fourth-order valence-corrected chi connectivity index (χ4v) is 9.90. The molecule has 3 fully saturated rings. The molecule has 0 spiro atoms. The Balaban J connectivity index is 1.63. The van der Waals surface area contributed by atoms with Crippen LogP contribution in [0.15, 0.2) is 23.3 Å². The zero-order chi connectivity index (χ0) is 27.0. The van der Waals surface area contributed by atoms with Crippen molar-refractivity contribution in [2.75, 3.05) is 6.54 Å². The second kappa shape index (κ2) is 8.65. The molecular weight excluding hydrogens is 460 g/mol. The number of ketones is 2. The predicted molar refractivity (Wildman–Crippen MR) is 143 cm³/mol. The Labute approximate surface area is 222 Å². The number of nitriles is 1. The van der Waals surface area contributed by atoms with E-state index < -0.39 is 10.8 Å². The number of amides is 1. The number of rotatable bonds is 3. The van der Waals surface area contributed by atoms with Crippen LogP contribution >= 0.6 is 0 Å². The molecule has 5 aliphatic rings. The van der Waals surface area contributed by atoms with E-state index in [2.05, 4.69) is 39.1 Å². The highest BCUT2D eigenvalue weighted by Crippen LogP contribution is 2.69. The molecule has 1 amide bonds. The van der Waals surface area contributed by atoms with Crippen LogP contribution in [0.3, 0.4) is 0 Å². The summed E-state index contributed by atoms with van der Waals surface area (Å²) in [6, 6.07) is 2.18. The van der Waals surface area contributed by atoms with E-state index in [1.165, 1.54) is 0 Å². The molecule has 8 unspecified atom stereocenters. The maximum absolute atomic E-state index is 14.2. The highest BCUT2D eigenvalue weighted by atomic mass is 16.2. The molecule has 200 valence electrons. The van der Waals surface area contributed by atoms with E-state index in [1.807, 2.05) is 26.0 Å². The Hall–Kier alpha value is -2.22. The number of nitrogens with zero attached hydrogens (tertiary/aromatic N) is 1. The predicted octanol–water partition coefficient (Wildman–Crippen LogP) is 5.95. The SMILES string of the molecule is CCNC(=O)C12CCC3C(C(=O)C=C4C5(C)C=C(C#N)C(=O)C(CC)C5CCC43C)C1CC(C)(C)CC2. The van der Waals surface area contributed by atoms with Crippen LogP contribution in [0.4, 0.5) is 0 Å². The molecule has 5 aliphatic carbocycles. The minimum absolute atomic E-state index is 0.0227. The first-order valence-electron chi connectivity index (χ1n) is 14.6. The van der Waals surface area contributed by atoms with Gasteiger partial charge in [-0.25, -0.2) is 0 Å². The smallest absolute Gasteiger partial charge is 0.226 e. The van der Waals surface area contributed by atoms with Crippen LogP contribution in [0.1, 0.15) is 92.9 Å². The molecule has 0 radical (unpaired) electrons. The van der Waals surface area contributed by atoms with Crippen LogP contribution in [-0.2, 0) is 14.4 Å². The molecule has 5 rings (SSSR count). The van der Waals surface area contributed by atoms with Crippen molar-refractivity contribution in [1.29, 1.82) is 5.26 Å². The molecule has 3 saturated carbocycles. The van der Waals surface area contributed by atoms with Gasteiger partial charge in [-0.2, -0.15) is 5.26 Å². The van der Waals surface area contributed by atoms with Gasteiger partial charge < -0.3 is 5.32 Å². The molecule has 0 aromatic carbocycles. The normalized spacial score (nSPS) is 44.2. The third kappa shape index (κ3) is 3.57. The summed E-state index contributed by atoms with van der Waals surface area (Å²) in [5.74, 6) is 0.354. The van der Waals surface area contributed by atoms with Crippen LogP contribution in [-0.4, -0.2) is 24.0 Å². The maximum Gasteiger partial charge on any atom is 0.226 e. The zero-order valence-electron chi connectivity index (χ0n) is 23.6. The first-order chi connectivity index (χ1) is 17.4. The van der Waals surface area contributed by atoms with Gasteiger partial charge in [-0.3, -0.25) is 14.4 Å². The van der Waals surface area contributed by atoms with Gasteiger partial charge in [0.1, 0.15) is 6.07 Å². The number of hydrogen-bond donors (Lipinski definition) is 1. The second-order valence-electron chi connectivity index (χ2n) is 14.0. The van der Waals surface area contributed by atoms with Gasteiger partial charge >= 0.3 is 0 Å². The highest BCUT2D eigenvalue weighted by molar-refractivity contribution is 6.02. The van der Waals surface area contributed by atoms with Gasteiger partial charge in [-0.15, -0.1) is 0 Å². The fourth-order valence-electron chi connectivity index (χ4n) is 9.90. The minimum Gasteiger partial charge on any atom is -0.356 e. The quantitative estimate of drug-likeness (QED) is 0.514. The van der Waals surface area contributed by atoms with Gasteiger partial charge in [-0.1, -0.05) is 46.3 Å². The Morgan fingerprint density at radius 3 is 2.38 bits per heavy atom. The molecule has 37 heavy (non-hydrogen) atoms. The van der Waals surface area contributed by atoms with Crippen LogP contribution in [0.5, 0.6) is 0 Å². The molecule has 0 heterocycles. The van der Waals surface area contributed by atoms with Crippen molar-refractivity contribution < 1.29 is 14.4 Å². The lowest BCUT2D eigenvalue weighted by Gasteiger charge is -2.64. The van der Waals surface area contributed by atoms with Crippen LogP contribution < -0.4 is 5.32 Å². The van der Waals surface area contributed by atoms with Gasteiger partial charge in [0, 0.05) is 23.8 Å². The molecule has 0 bridgehead atoms. The van der Waals surface area contributed by atoms with Gasteiger partial charge in [0.25, 0.3) is 0 Å². The molecule has 0 aromatic rings. The van der Waals surface area contributed by atoms with Crippen molar-refractivity contribution in [1.82, 2.24) is 5.32 Å². The van der Waals surface area contributed by atoms with Crippen molar-refractivity contribution >= 4 is 17.5 Å². The number of Topliss-reactive ketones (excluding diaryl/α,β-unsaturated/α-hetero) is 1. The average molecular weight is 505 g/mol. The third-order valence-corrected chi connectivity index (χ3v) is 11.8. The maximum atomic E-state index is 14.2. The molecule has 0 aliphatic heterocycles. The van der Waals surface area contributed by atoms with E-state index in [4.69, 9.17) is 0 Å². The first-order valence-corrected chi connectivity index (χ1v) is 14.6. The summed E-state index contributed by atoms with van der Waals surface area (Å²) in [5, 5.41) is 13.0. The van der Waals surface area contributed by atoms with Gasteiger partial charge in [0.15, 0.2) is 11.6 Å². The molecule has 8 atom stereocenters. The Bertz CT molecular complexity index is 1140. The van der Waals surface area contributed by atoms with E-state index in [-0.39, 0.29) is 63.5 Å². The van der Waals surface area contributed by atoms with E-state index in [0.29, 0.717) is 13.0 Å². The van der Waals surface area contributed by atoms with Crippen molar-refractivity contribution in [3.05, 3.63) is 23.3 Å². The number of nitrogens with one attached hydrogen (secondary N) is 1. The summed E-state index contributed by atoms with van der Waals surface area (Å²) < 4.78 is 0. The number of fused-ring (bicyclic) bond motifs is 7. The Morgan fingerprint density at radius 1 is 1.03 bits per heavy atom. The summed E-state index contributed by atoms with van der Waals surface area (Å²) in [5.41, 5.74) is 0.422. The minimum atomic E-state index is -0.465. The first kappa shape index (κ1) is 26.4. The molecule has 0 aromatic heterocycles. The van der Waals surface area contributed by atoms with Crippen molar-refractivity contribution in [3.8, 4) is 6.07 Å². The van der Waals surface area contributed by atoms with E-state index >= 15 is 0 Å². The van der Waals surface area contributed by atoms with Gasteiger partial charge in [-0.05, 0) is 93.0 Å². The Morgan fingerprint density at radius 2 is 1.73 bits per heavy atom. The average Bonchev–Trinajstić information content (AvgIpc) is 2.85. The Kier molecular flexibility index (Phi) is 6.17. The van der Waals surface area contributed by atoms with Crippen molar-refractivity contribution in [2.45, 2.75) is 92.9 Å². The van der Waals surface area contributed by atoms with Crippen LogP contribution in [0.25, 0.3) is 0 Å². The standard InChI is InChI=1S/C32H44N2O3/c1-7-20-21-9-11-30(5)22-10-12-32(28(37)34-8-2)14-13-29(3,4)17-23(32)26(22)24(35)15-25(30)31(21,6)16-19(18-33)27(20)36/h15-16,20-23,26H,7-14,17H2,1-6H3,(H,34,37). The summed E-state index contributed by atoms with van der Waals surface area (Å²) in [6.07, 6.45) is 10.9. The largest absolute Gasteiger partial charge is 0.356 e. The fraction of sp³-hybridized carbons (Fsp3) is 0.750. The second-order valence-corrected chi connectivity index (χ2v) is 14.0. The van der Waals surface area contributed by atoms with Crippen LogP contribution in [0.2, 0.25) is 0 Å². The van der Waals surface area contributed by atoms with Crippen molar-refractivity contribution in [2.24, 2.45) is 51.2 Å². The van der Waals surface area contributed by atoms with Crippen LogP contribution in [0, 0.1) is 62.6 Å². The third-order valence-electron chi connectivity index (χ3n) is 11.8. The summed E-state index contributed by atoms with van der Waals surface area (Å²) >= 11 is 0. The van der Waals surface area contributed by atoms with E-state index in [0.717, 1.165) is 50.5 Å². The zero-order valence-corrected chi connectivity index (χ0v) is 23.6. The molecule has 5 nitrogen and oxygen atoms in total. The number of hydrogen-bond acceptors (Lipinski definition) is 4. The molecular formula is C32H44N2O3. The summed E-state index contributed by atoms with van der Waals surface area (Å²) in [4.78, 5) is 40.9. The molecule has 5 heteroatoms. The van der Waals surface area contributed by atoms with Gasteiger partial charge in [0.05, 0.1) is 11.0 Å². The molecule has 0 saturated heterocycles. The van der Waals surface area contributed by atoms with Gasteiger partial charge in [0.2, 0.25) is 5.91 Å². The summed E-state index contributed by atoms with van der Waals surface area (Å²) in [7, 11) is 0. The number of carbonyl (C=O) groups excluding carboxylic acids is 3.